The summed E-state index contributed by atoms with van der Waals surface area (Å²) in [5, 5.41) is 10.3. The zero-order valence-corrected chi connectivity index (χ0v) is 16.5. The van der Waals surface area contributed by atoms with E-state index >= 15 is 0 Å². The van der Waals surface area contributed by atoms with Crippen molar-refractivity contribution < 1.29 is 18.4 Å². The van der Waals surface area contributed by atoms with Gasteiger partial charge in [0.05, 0.1) is 23.8 Å². The number of hydrogen-bond donors (Lipinski definition) is 0. The van der Waals surface area contributed by atoms with E-state index in [0.717, 1.165) is 4.88 Å². The van der Waals surface area contributed by atoms with Crippen molar-refractivity contribution in [3.05, 3.63) is 71.4 Å². The molecular weight excluding hydrogens is 409 g/mol. The van der Waals surface area contributed by atoms with E-state index < -0.39 is 6.04 Å². The number of benzene rings is 1. The molecule has 1 aliphatic rings. The van der Waals surface area contributed by atoms with Crippen molar-refractivity contribution in [3.8, 4) is 16.4 Å². The van der Waals surface area contributed by atoms with E-state index in [1.54, 1.807) is 29.3 Å². The van der Waals surface area contributed by atoms with Crippen LogP contribution < -0.4 is 0 Å². The molecule has 152 valence electrons. The Balaban J connectivity index is 1.40. The molecule has 4 aromatic rings. The van der Waals surface area contributed by atoms with Gasteiger partial charge >= 0.3 is 0 Å². The highest BCUT2D eigenvalue weighted by molar-refractivity contribution is 7.13. The molecule has 1 aliphatic heterocycles. The van der Waals surface area contributed by atoms with Gasteiger partial charge in [0.1, 0.15) is 11.9 Å². The molecule has 1 saturated heterocycles. The molecule has 0 saturated carbocycles. The minimum atomic E-state index is -0.508. The summed E-state index contributed by atoms with van der Waals surface area (Å²) < 4.78 is 26.0. The number of carbonyl (C=O) groups excluding carboxylic acids is 1. The lowest BCUT2D eigenvalue weighted by atomic mass is 10.2. The van der Waals surface area contributed by atoms with Crippen molar-refractivity contribution in [2.24, 2.45) is 0 Å². The van der Waals surface area contributed by atoms with Crippen LogP contribution in [0.15, 0.2) is 58.6 Å². The van der Waals surface area contributed by atoms with E-state index in [4.69, 9.17) is 9.26 Å². The Morgan fingerprint density at radius 2 is 2.17 bits per heavy atom. The van der Waals surface area contributed by atoms with E-state index in [2.05, 4.69) is 15.2 Å². The Hall–Kier alpha value is -3.37. The van der Waals surface area contributed by atoms with Crippen LogP contribution >= 0.6 is 11.3 Å². The van der Waals surface area contributed by atoms with Gasteiger partial charge < -0.3 is 14.2 Å². The second-order valence-corrected chi connectivity index (χ2v) is 7.60. The minimum Gasteiger partial charge on any atom is -0.377 e. The fraction of sp³-hybridized carbons (Fsp3) is 0.200. The first-order valence-electron chi connectivity index (χ1n) is 9.27. The smallest absolute Gasteiger partial charge is 0.275 e. The van der Waals surface area contributed by atoms with Crippen LogP contribution in [0, 0.1) is 5.82 Å². The van der Waals surface area contributed by atoms with Crippen molar-refractivity contribution >= 4 is 17.2 Å². The molecule has 0 aliphatic carbocycles. The van der Waals surface area contributed by atoms with Gasteiger partial charge in [-0.2, -0.15) is 10.1 Å². The quantitative estimate of drug-likeness (QED) is 0.499. The van der Waals surface area contributed by atoms with Crippen LogP contribution in [0.5, 0.6) is 0 Å². The zero-order chi connectivity index (χ0) is 20.5. The molecule has 0 unspecified atom stereocenters. The Kier molecular flexibility index (Phi) is 4.85. The van der Waals surface area contributed by atoms with Gasteiger partial charge in [-0.1, -0.05) is 17.3 Å². The van der Waals surface area contributed by atoms with E-state index in [-0.39, 0.29) is 24.0 Å². The molecular formula is C20H16FN5O3S. The van der Waals surface area contributed by atoms with Crippen molar-refractivity contribution in [1.82, 2.24) is 24.8 Å². The predicted octanol–water partition coefficient (Wildman–Crippen LogP) is 3.34. The zero-order valence-electron chi connectivity index (χ0n) is 15.6. The topological polar surface area (TPSA) is 86.3 Å². The largest absolute Gasteiger partial charge is 0.377 e. The third-order valence-electron chi connectivity index (χ3n) is 4.74. The molecule has 0 N–H and O–H groups in total. The maximum absolute atomic E-state index is 13.5. The molecule has 0 spiro atoms. The molecule has 0 radical (unpaired) electrons. The van der Waals surface area contributed by atoms with Crippen LogP contribution in [0.4, 0.5) is 4.39 Å². The second kappa shape index (κ2) is 7.81. The number of aromatic nitrogens is 4. The number of halogens is 1. The molecule has 4 heterocycles. The van der Waals surface area contributed by atoms with E-state index in [1.165, 1.54) is 28.2 Å². The van der Waals surface area contributed by atoms with Gasteiger partial charge in [-0.25, -0.2) is 9.07 Å². The number of nitrogens with zero attached hydrogens (tertiary/aromatic N) is 5. The Morgan fingerprint density at radius 3 is 3.00 bits per heavy atom. The summed E-state index contributed by atoms with van der Waals surface area (Å²) in [6, 6.07) is 10.9. The summed E-state index contributed by atoms with van der Waals surface area (Å²) in [4.78, 5) is 20.1. The fourth-order valence-electron chi connectivity index (χ4n) is 3.28. The van der Waals surface area contributed by atoms with E-state index in [9.17, 15) is 9.18 Å². The van der Waals surface area contributed by atoms with Crippen molar-refractivity contribution in [2.75, 3.05) is 19.8 Å². The van der Waals surface area contributed by atoms with Gasteiger partial charge in [0.25, 0.3) is 11.8 Å². The first-order valence-corrected chi connectivity index (χ1v) is 10.1. The maximum atomic E-state index is 13.5. The van der Waals surface area contributed by atoms with Crippen LogP contribution in [-0.4, -0.2) is 50.5 Å². The molecule has 5 rings (SSSR count). The number of ether oxygens (including phenoxy) is 1. The Labute approximate surface area is 174 Å². The van der Waals surface area contributed by atoms with Crippen LogP contribution in [0.2, 0.25) is 0 Å². The highest BCUT2D eigenvalue weighted by Crippen LogP contribution is 2.28. The minimum absolute atomic E-state index is 0.240. The lowest BCUT2D eigenvalue weighted by Crippen LogP contribution is -2.43. The van der Waals surface area contributed by atoms with Gasteiger partial charge in [-0.15, -0.1) is 11.3 Å². The SMILES string of the molecule is O=C(c1ccn(-c2cccc(F)c2)n1)N1CCOC[C@@H]1c1nc(-c2cccs2)no1. The molecule has 10 heteroatoms. The summed E-state index contributed by atoms with van der Waals surface area (Å²) in [6.07, 6.45) is 1.62. The highest BCUT2D eigenvalue weighted by atomic mass is 32.1. The van der Waals surface area contributed by atoms with Gasteiger partial charge in [0.15, 0.2) is 5.69 Å². The number of hydrogen-bond acceptors (Lipinski definition) is 7. The summed E-state index contributed by atoms with van der Waals surface area (Å²) >= 11 is 1.51. The molecule has 3 aromatic heterocycles. The molecule has 1 aromatic carbocycles. The molecule has 30 heavy (non-hydrogen) atoms. The van der Waals surface area contributed by atoms with E-state index in [0.29, 0.717) is 30.6 Å². The third-order valence-corrected chi connectivity index (χ3v) is 5.60. The normalized spacial score (nSPS) is 16.7. The lowest BCUT2D eigenvalue weighted by molar-refractivity contribution is -0.0122. The second-order valence-electron chi connectivity index (χ2n) is 6.65. The van der Waals surface area contributed by atoms with Crippen LogP contribution in [0.1, 0.15) is 22.4 Å². The first kappa shape index (κ1) is 18.6. The molecule has 0 bridgehead atoms. The maximum Gasteiger partial charge on any atom is 0.275 e. The average Bonchev–Trinajstić information content (AvgIpc) is 3.54. The Morgan fingerprint density at radius 1 is 1.23 bits per heavy atom. The first-order chi connectivity index (χ1) is 14.7. The number of rotatable bonds is 4. The lowest BCUT2D eigenvalue weighted by Gasteiger charge is -2.32. The van der Waals surface area contributed by atoms with Crippen LogP contribution in [0.25, 0.3) is 16.4 Å². The predicted molar refractivity (Wildman–Crippen MR) is 106 cm³/mol. The van der Waals surface area contributed by atoms with Crippen LogP contribution in [-0.2, 0) is 4.74 Å². The number of thiophene rings is 1. The molecule has 1 amide bonds. The fourth-order valence-corrected chi connectivity index (χ4v) is 3.92. The number of carbonyl (C=O) groups is 1. The van der Waals surface area contributed by atoms with Crippen molar-refractivity contribution in [1.29, 1.82) is 0 Å². The third kappa shape index (κ3) is 3.51. The summed E-state index contributed by atoms with van der Waals surface area (Å²) in [5.41, 5.74) is 0.772. The highest BCUT2D eigenvalue weighted by Gasteiger charge is 2.34. The van der Waals surface area contributed by atoms with Crippen LogP contribution in [0.3, 0.4) is 0 Å². The Bertz CT molecular complexity index is 1170. The summed E-state index contributed by atoms with van der Waals surface area (Å²) in [7, 11) is 0. The van der Waals surface area contributed by atoms with Crippen molar-refractivity contribution in [3.63, 3.8) is 0 Å². The van der Waals surface area contributed by atoms with Crippen molar-refractivity contribution in [2.45, 2.75) is 6.04 Å². The van der Waals surface area contributed by atoms with Gasteiger partial charge in [-0.3, -0.25) is 4.79 Å². The number of amides is 1. The molecule has 1 fully saturated rings. The standard InChI is InChI=1S/C20H16FN5O3S/c21-13-3-1-4-14(11-13)26-7-6-15(23-26)20(27)25-8-9-28-12-16(25)19-22-18(24-29-19)17-5-2-10-30-17/h1-7,10-11,16H,8-9,12H2/t16-/m1/s1. The average molecular weight is 425 g/mol. The summed E-state index contributed by atoms with van der Waals surface area (Å²) in [6.45, 7) is 1.02. The van der Waals surface area contributed by atoms with Gasteiger partial charge in [0, 0.05) is 12.7 Å². The van der Waals surface area contributed by atoms with Gasteiger partial charge in [-0.05, 0) is 35.7 Å². The van der Waals surface area contributed by atoms with Gasteiger partial charge in [0.2, 0.25) is 5.82 Å². The molecule has 8 nitrogen and oxygen atoms in total. The summed E-state index contributed by atoms with van der Waals surface area (Å²) in [5.74, 6) is 0.140. The monoisotopic (exact) mass is 425 g/mol. The molecule has 1 atom stereocenters. The van der Waals surface area contributed by atoms with E-state index in [1.807, 2.05) is 17.5 Å². The number of morpholine rings is 1.